The van der Waals surface area contributed by atoms with Crippen LogP contribution in [0.3, 0.4) is 0 Å². The highest BCUT2D eigenvalue weighted by Crippen LogP contribution is 2.32. The lowest BCUT2D eigenvalue weighted by Gasteiger charge is -2.28. The molecule has 0 fully saturated rings. The molecule has 4 rings (SSSR count). The molecule has 2 atom stereocenters. The van der Waals surface area contributed by atoms with Gasteiger partial charge < -0.3 is 10.1 Å². The zero-order valence-electron chi connectivity index (χ0n) is 16.4. The van der Waals surface area contributed by atoms with E-state index in [4.69, 9.17) is 4.74 Å². The average Bonchev–Trinajstić information content (AvgIpc) is 2.78. The van der Waals surface area contributed by atoms with Crippen molar-refractivity contribution in [2.45, 2.75) is 41.7 Å². The van der Waals surface area contributed by atoms with E-state index in [1.165, 1.54) is 5.56 Å². The van der Waals surface area contributed by atoms with Crippen LogP contribution in [0.1, 0.15) is 30.5 Å². The van der Waals surface area contributed by atoms with Gasteiger partial charge in [-0.15, -0.1) is 0 Å². The summed E-state index contributed by atoms with van der Waals surface area (Å²) in [6.07, 6.45) is 1.81. The first-order valence-electron chi connectivity index (χ1n) is 9.92. The molecule has 0 spiro atoms. The standard InChI is InChI=1S/C24H25NO3S/c1-18(19-8-4-2-5-9-19)25-17-21-14-12-20-13-15-23(16-24(20)28-21)29(26,27)22-10-6-3-7-11-22/h2-11,13,15-16,18,21,25H,12,14,17H2,1H3/t18-,21?/m1/s1. The van der Waals surface area contributed by atoms with Gasteiger partial charge in [0.1, 0.15) is 11.9 Å². The topological polar surface area (TPSA) is 55.4 Å². The van der Waals surface area contributed by atoms with Gasteiger partial charge in [0, 0.05) is 12.6 Å². The molecule has 0 aliphatic carbocycles. The molecule has 0 radical (unpaired) electrons. The number of benzene rings is 3. The van der Waals surface area contributed by atoms with Crippen LogP contribution in [-0.2, 0) is 16.3 Å². The van der Waals surface area contributed by atoms with Crippen LogP contribution in [0.2, 0.25) is 0 Å². The molecule has 1 unspecified atom stereocenters. The summed E-state index contributed by atoms with van der Waals surface area (Å²) in [4.78, 5) is 0.569. The van der Waals surface area contributed by atoms with Gasteiger partial charge >= 0.3 is 0 Å². The maximum absolute atomic E-state index is 12.9. The molecule has 0 saturated heterocycles. The number of aryl methyl sites for hydroxylation is 1. The van der Waals surface area contributed by atoms with E-state index in [9.17, 15) is 8.42 Å². The average molecular weight is 408 g/mol. The quantitative estimate of drug-likeness (QED) is 0.651. The van der Waals surface area contributed by atoms with Gasteiger partial charge in [-0.25, -0.2) is 8.42 Å². The molecule has 0 saturated carbocycles. The van der Waals surface area contributed by atoms with Crippen LogP contribution in [0.4, 0.5) is 0 Å². The monoisotopic (exact) mass is 407 g/mol. The van der Waals surface area contributed by atoms with Crippen LogP contribution >= 0.6 is 0 Å². The predicted octanol–water partition coefficient (Wildman–Crippen LogP) is 4.56. The summed E-state index contributed by atoms with van der Waals surface area (Å²) in [6.45, 7) is 2.85. The van der Waals surface area contributed by atoms with Gasteiger partial charge in [-0.1, -0.05) is 54.6 Å². The predicted molar refractivity (Wildman–Crippen MR) is 114 cm³/mol. The third-order valence-corrected chi connectivity index (χ3v) is 7.15. The fraction of sp³-hybridized carbons (Fsp3) is 0.250. The molecular weight excluding hydrogens is 382 g/mol. The molecule has 0 amide bonds. The maximum Gasteiger partial charge on any atom is 0.206 e. The Bertz CT molecular complexity index is 1070. The number of nitrogens with one attached hydrogen (secondary N) is 1. The summed E-state index contributed by atoms with van der Waals surface area (Å²) < 4.78 is 32.0. The summed E-state index contributed by atoms with van der Waals surface area (Å²) in [5.41, 5.74) is 2.30. The molecule has 4 nitrogen and oxygen atoms in total. The molecule has 1 aliphatic heterocycles. The molecule has 3 aromatic carbocycles. The van der Waals surface area contributed by atoms with Crippen molar-refractivity contribution in [3.8, 4) is 5.75 Å². The summed E-state index contributed by atoms with van der Waals surface area (Å²) in [5, 5.41) is 3.53. The molecule has 1 heterocycles. The molecular formula is C24H25NO3S. The Morgan fingerprint density at radius 3 is 2.38 bits per heavy atom. The van der Waals surface area contributed by atoms with Crippen molar-refractivity contribution in [1.29, 1.82) is 0 Å². The zero-order valence-corrected chi connectivity index (χ0v) is 17.2. The maximum atomic E-state index is 12.9. The molecule has 150 valence electrons. The number of sulfone groups is 1. The first-order chi connectivity index (χ1) is 14.0. The minimum Gasteiger partial charge on any atom is -0.489 e. The van der Waals surface area contributed by atoms with Gasteiger partial charge in [0.25, 0.3) is 0 Å². The van der Waals surface area contributed by atoms with Gasteiger partial charge in [0.05, 0.1) is 9.79 Å². The number of fused-ring (bicyclic) bond motifs is 1. The van der Waals surface area contributed by atoms with Crippen molar-refractivity contribution in [2.75, 3.05) is 6.54 Å². The second-order valence-electron chi connectivity index (χ2n) is 7.41. The van der Waals surface area contributed by atoms with Gasteiger partial charge in [0.15, 0.2) is 0 Å². The van der Waals surface area contributed by atoms with Gasteiger partial charge in [-0.2, -0.15) is 0 Å². The smallest absolute Gasteiger partial charge is 0.206 e. The van der Waals surface area contributed by atoms with E-state index in [1.54, 1.807) is 36.4 Å². The van der Waals surface area contributed by atoms with E-state index in [0.29, 0.717) is 17.2 Å². The van der Waals surface area contributed by atoms with Crippen LogP contribution < -0.4 is 10.1 Å². The van der Waals surface area contributed by atoms with Crippen molar-refractivity contribution in [3.63, 3.8) is 0 Å². The number of hydrogen-bond acceptors (Lipinski definition) is 4. The highest BCUT2D eigenvalue weighted by atomic mass is 32.2. The first kappa shape index (κ1) is 19.7. The summed E-state index contributed by atoms with van der Waals surface area (Å²) in [5.74, 6) is 0.674. The lowest BCUT2D eigenvalue weighted by atomic mass is 10.0. The lowest BCUT2D eigenvalue weighted by Crippen LogP contribution is -2.35. The summed E-state index contributed by atoms with van der Waals surface area (Å²) >= 11 is 0. The summed E-state index contributed by atoms with van der Waals surface area (Å²) in [6, 6.07) is 24.3. The molecule has 29 heavy (non-hydrogen) atoms. The van der Waals surface area contributed by atoms with E-state index < -0.39 is 9.84 Å². The Morgan fingerprint density at radius 2 is 1.66 bits per heavy atom. The number of hydrogen-bond donors (Lipinski definition) is 1. The Kier molecular flexibility index (Phi) is 5.69. The lowest BCUT2D eigenvalue weighted by molar-refractivity contribution is 0.166. The summed E-state index contributed by atoms with van der Waals surface area (Å²) in [7, 11) is -3.55. The first-order valence-corrected chi connectivity index (χ1v) is 11.4. The van der Waals surface area contributed by atoms with Crippen molar-refractivity contribution in [3.05, 3.63) is 90.0 Å². The Labute approximate surface area is 172 Å². The van der Waals surface area contributed by atoms with Crippen LogP contribution in [0.25, 0.3) is 0 Å². The minimum absolute atomic E-state index is 0.0170. The van der Waals surface area contributed by atoms with E-state index in [1.807, 2.05) is 30.3 Å². The Morgan fingerprint density at radius 1 is 0.966 bits per heavy atom. The van der Waals surface area contributed by atoms with Crippen LogP contribution in [-0.4, -0.2) is 21.1 Å². The molecule has 1 aliphatic rings. The van der Waals surface area contributed by atoms with Crippen molar-refractivity contribution >= 4 is 9.84 Å². The minimum atomic E-state index is -3.55. The fourth-order valence-corrected chi connectivity index (χ4v) is 4.92. The van der Waals surface area contributed by atoms with Crippen LogP contribution in [0.15, 0.2) is 88.7 Å². The number of rotatable bonds is 6. The van der Waals surface area contributed by atoms with Gasteiger partial charge in [0.2, 0.25) is 9.84 Å². The zero-order chi connectivity index (χ0) is 20.3. The van der Waals surface area contributed by atoms with Crippen LogP contribution in [0, 0.1) is 0 Å². The van der Waals surface area contributed by atoms with E-state index in [0.717, 1.165) is 18.4 Å². The second-order valence-corrected chi connectivity index (χ2v) is 9.35. The molecule has 0 aromatic heterocycles. The van der Waals surface area contributed by atoms with E-state index in [-0.39, 0.29) is 17.0 Å². The highest BCUT2D eigenvalue weighted by molar-refractivity contribution is 7.91. The van der Waals surface area contributed by atoms with Crippen molar-refractivity contribution < 1.29 is 13.2 Å². The third kappa shape index (κ3) is 4.36. The SMILES string of the molecule is C[C@@H](NCC1CCc2ccc(S(=O)(=O)c3ccccc3)cc2O1)c1ccccc1. The fourth-order valence-electron chi connectivity index (χ4n) is 3.62. The Hall–Kier alpha value is -2.63. The normalized spacial score (nSPS) is 17.2. The second kappa shape index (κ2) is 8.39. The largest absolute Gasteiger partial charge is 0.489 e. The molecule has 0 bridgehead atoms. The van der Waals surface area contributed by atoms with Crippen molar-refractivity contribution in [2.24, 2.45) is 0 Å². The number of ether oxygens (including phenoxy) is 1. The molecule has 1 N–H and O–H groups in total. The van der Waals surface area contributed by atoms with Gasteiger partial charge in [-0.05, 0) is 55.2 Å². The van der Waals surface area contributed by atoms with Crippen LogP contribution in [0.5, 0.6) is 5.75 Å². The van der Waals surface area contributed by atoms with E-state index >= 15 is 0 Å². The third-order valence-electron chi connectivity index (χ3n) is 5.38. The van der Waals surface area contributed by atoms with Crippen molar-refractivity contribution in [1.82, 2.24) is 5.32 Å². The molecule has 3 aromatic rings. The van der Waals surface area contributed by atoms with E-state index in [2.05, 4.69) is 24.4 Å². The molecule has 5 heteroatoms. The Balaban J connectivity index is 1.47. The highest BCUT2D eigenvalue weighted by Gasteiger charge is 2.24. The van der Waals surface area contributed by atoms with Gasteiger partial charge in [-0.3, -0.25) is 0 Å².